The molecule has 0 radical (unpaired) electrons. The van der Waals surface area contributed by atoms with Crippen LogP contribution < -0.4 is 11.1 Å². The number of amides is 1. The Morgan fingerprint density at radius 3 is 2.67 bits per heavy atom. The maximum Gasteiger partial charge on any atom is 0.237 e. The third kappa shape index (κ3) is 3.77. The highest BCUT2D eigenvalue weighted by molar-refractivity contribution is 5.81. The lowest BCUT2D eigenvalue weighted by Gasteiger charge is -2.18. The maximum absolute atomic E-state index is 13.5. The van der Waals surface area contributed by atoms with Gasteiger partial charge in [-0.25, -0.2) is 8.78 Å². The summed E-state index contributed by atoms with van der Waals surface area (Å²) < 4.78 is 26.2. The van der Waals surface area contributed by atoms with E-state index < -0.39 is 23.7 Å². The molecular weight excluding hydrogens is 238 g/mol. The van der Waals surface area contributed by atoms with Crippen molar-refractivity contribution >= 4 is 5.91 Å². The highest BCUT2D eigenvalue weighted by Crippen LogP contribution is 2.17. The van der Waals surface area contributed by atoms with E-state index in [1.54, 1.807) is 6.92 Å². The van der Waals surface area contributed by atoms with Gasteiger partial charge in [0.2, 0.25) is 5.91 Å². The van der Waals surface area contributed by atoms with Gasteiger partial charge in [-0.3, -0.25) is 4.79 Å². The summed E-state index contributed by atoms with van der Waals surface area (Å²) in [5.74, 6) is -1.64. The van der Waals surface area contributed by atoms with Gasteiger partial charge in [0.15, 0.2) is 0 Å². The van der Waals surface area contributed by atoms with Gasteiger partial charge in [0.1, 0.15) is 11.6 Å². The minimum Gasteiger partial charge on any atom is -0.348 e. The monoisotopic (exact) mass is 256 g/mol. The number of carbonyl (C=O) groups is 1. The third-order valence-corrected chi connectivity index (χ3v) is 2.72. The normalized spacial score (nSPS) is 14.1. The predicted octanol–water partition coefficient (Wildman–Crippen LogP) is 2.27. The van der Waals surface area contributed by atoms with E-state index >= 15 is 0 Å². The Hall–Kier alpha value is -1.49. The van der Waals surface area contributed by atoms with E-state index in [1.807, 2.05) is 6.92 Å². The Bertz CT molecular complexity index is 423. The first-order chi connectivity index (χ1) is 8.45. The van der Waals surface area contributed by atoms with Crippen LogP contribution >= 0.6 is 0 Å². The zero-order chi connectivity index (χ0) is 13.7. The van der Waals surface area contributed by atoms with Gasteiger partial charge in [-0.15, -0.1) is 0 Å². The van der Waals surface area contributed by atoms with Crippen LogP contribution in [0.25, 0.3) is 0 Å². The summed E-state index contributed by atoms with van der Waals surface area (Å²) in [6.07, 6.45) is 1.37. The van der Waals surface area contributed by atoms with Crippen molar-refractivity contribution in [3.05, 3.63) is 35.4 Å². The summed E-state index contributed by atoms with van der Waals surface area (Å²) >= 11 is 0. The first kappa shape index (κ1) is 14.6. The van der Waals surface area contributed by atoms with Crippen molar-refractivity contribution in [2.24, 2.45) is 5.73 Å². The molecule has 0 aliphatic heterocycles. The van der Waals surface area contributed by atoms with Gasteiger partial charge >= 0.3 is 0 Å². The van der Waals surface area contributed by atoms with Crippen molar-refractivity contribution in [3.63, 3.8) is 0 Å². The minimum atomic E-state index is -0.674. The van der Waals surface area contributed by atoms with E-state index in [1.165, 1.54) is 6.07 Å². The fourth-order valence-electron chi connectivity index (χ4n) is 1.69. The molecule has 0 aliphatic carbocycles. The van der Waals surface area contributed by atoms with Crippen LogP contribution in [0.5, 0.6) is 0 Å². The van der Waals surface area contributed by atoms with Crippen molar-refractivity contribution < 1.29 is 13.6 Å². The largest absolute Gasteiger partial charge is 0.348 e. The first-order valence-electron chi connectivity index (χ1n) is 5.96. The number of benzene rings is 1. The Morgan fingerprint density at radius 1 is 1.44 bits per heavy atom. The van der Waals surface area contributed by atoms with Crippen LogP contribution in [0.2, 0.25) is 0 Å². The Balaban J connectivity index is 2.70. The SMILES string of the molecule is CCC[C@@H](N)C(=O)NC(C)c1ccc(F)cc1F. The van der Waals surface area contributed by atoms with Crippen LogP contribution in [0.3, 0.4) is 0 Å². The van der Waals surface area contributed by atoms with Crippen molar-refractivity contribution in [1.82, 2.24) is 5.32 Å². The molecule has 1 rings (SSSR count). The van der Waals surface area contributed by atoms with Gasteiger partial charge in [0.25, 0.3) is 0 Å². The molecular formula is C13H18F2N2O. The van der Waals surface area contributed by atoms with Gasteiger partial charge in [0.05, 0.1) is 12.1 Å². The summed E-state index contributed by atoms with van der Waals surface area (Å²) in [4.78, 5) is 11.7. The topological polar surface area (TPSA) is 55.1 Å². The Kier molecular flexibility index (Phi) is 5.22. The van der Waals surface area contributed by atoms with Crippen LogP contribution in [0.4, 0.5) is 8.78 Å². The molecule has 0 fully saturated rings. The minimum absolute atomic E-state index is 0.244. The molecule has 1 aromatic carbocycles. The second-order valence-corrected chi connectivity index (χ2v) is 4.29. The highest BCUT2D eigenvalue weighted by atomic mass is 19.1. The molecule has 1 unspecified atom stereocenters. The van der Waals surface area contributed by atoms with Crippen LogP contribution in [0.15, 0.2) is 18.2 Å². The average molecular weight is 256 g/mol. The van der Waals surface area contributed by atoms with Gasteiger partial charge in [-0.05, 0) is 19.4 Å². The van der Waals surface area contributed by atoms with Gasteiger partial charge in [0, 0.05) is 11.6 Å². The smallest absolute Gasteiger partial charge is 0.237 e. The molecule has 100 valence electrons. The lowest BCUT2D eigenvalue weighted by atomic mass is 10.1. The van der Waals surface area contributed by atoms with E-state index in [9.17, 15) is 13.6 Å². The summed E-state index contributed by atoms with van der Waals surface area (Å²) in [5, 5.41) is 2.61. The Morgan fingerprint density at radius 2 is 2.11 bits per heavy atom. The van der Waals surface area contributed by atoms with Gasteiger partial charge in [-0.1, -0.05) is 19.4 Å². The fraction of sp³-hybridized carbons (Fsp3) is 0.462. The molecule has 1 aromatic rings. The molecule has 1 amide bonds. The van der Waals surface area contributed by atoms with E-state index in [-0.39, 0.29) is 11.5 Å². The molecule has 0 saturated heterocycles. The summed E-state index contributed by atoms with van der Waals surface area (Å²) in [6, 6.07) is 2.14. The molecule has 0 spiro atoms. The lowest BCUT2D eigenvalue weighted by molar-refractivity contribution is -0.123. The van der Waals surface area contributed by atoms with Crippen molar-refractivity contribution in [1.29, 1.82) is 0 Å². The number of hydrogen-bond donors (Lipinski definition) is 2. The van der Waals surface area contributed by atoms with Crippen molar-refractivity contribution in [2.45, 2.75) is 38.8 Å². The standard InChI is InChI=1S/C13H18F2N2O/c1-3-4-12(16)13(18)17-8(2)10-6-5-9(14)7-11(10)15/h5-8,12H,3-4,16H2,1-2H3,(H,17,18)/t8?,12-/m1/s1. The van der Waals surface area contributed by atoms with Crippen LogP contribution in [-0.2, 0) is 4.79 Å². The van der Waals surface area contributed by atoms with Crippen LogP contribution in [0, 0.1) is 11.6 Å². The van der Waals surface area contributed by atoms with E-state index in [0.717, 1.165) is 18.6 Å². The Labute approximate surface area is 105 Å². The molecule has 5 heteroatoms. The molecule has 3 nitrogen and oxygen atoms in total. The zero-order valence-corrected chi connectivity index (χ0v) is 10.5. The van der Waals surface area contributed by atoms with Gasteiger partial charge in [-0.2, -0.15) is 0 Å². The predicted molar refractivity (Wildman–Crippen MR) is 65.8 cm³/mol. The van der Waals surface area contributed by atoms with Crippen molar-refractivity contribution in [3.8, 4) is 0 Å². The second-order valence-electron chi connectivity index (χ2n) is 4.29. The van der Waals surface area contributed by atoms with E-state index in [2.05, 4.69) is 5.32 Å². The fourth-order valence-corrected chi connectivity index (χ4v) is 1.69. The highest BCUT2D eigenvalue weighted by Gasteiger charge is 2.18. The number of hydrogen-bond acceptors (Lipinski definition) is 2. The van der Waals surface area contributed by atoms with E-state index in [4.69, 9.17) is 5.73 Å². The molecule has 0 heterocycles. The molecule has 18 heavy (non-hydrogen) atoms. The summed E-state index contributed by atoms with van der Waals surface area (Å²) in [6.45, 7) is 3.56. The van der Waals surface area contributed by atoms with E-state index in [0.29, 0.717) is 6.42 Å². The molecule has 0 saturated carbocycles. The van der Waals surface area contributed by atoms with Gasteiger partial charge < -0.3 is 11.1 Å². The number of nitrogens with one attached hydrogen (secondary N) is 1. The summed E-state index contributed by atoms with van der Waals surface area (Å²) in [5.41, 5.74) is 5.89. The van der Waals surface area contributed by atoms with Crippen LogP contribution in [-0.4, -0.2) is 11.9 Å². The number of nitrogens with two attached hydrogens (primary N) is 1. The lowest BCUT2D eigenvalue weighted by Crippen LogP contribution is -2.41. The quantitative estimate of drug-likeness (QED) is 0.849. The molecule has 0 aromatic heterocycles. The number of rotatable bonds is 5. The molecule has 2 atom stereocenters. The van der Waals surface area contributed by atoms with Crippen molar-refractivity contribution in [2.75, 3.05) is 0 Å². The maximum atomic E-state index is 13.5. The molecule has 0 bridgehead atoms. The zero-order valence-electron chi connectivity index (χ0n) is 10.5. The number of halogens is 2. The second kappa shape index (κ2) is 6.44. The third-order valence-electron chi connectivity index (χ3n) is 2.72. The van der Waals surface area contributed by atoms with Crippen LogP contribution in [0.1, 0.15) is 38.3 Å². The first-order valence-corrected chi connectivity index (χ1v) is 5.96. The number of carbonyl (C=O) groups excluding carboxylic acids is 1. The average Bonchev–Trinajstić information content (AvgIpc) is 2.28. The molecule has 3 N–H and O–H groups in total. The molecule has 0 aliphatic rings. The summed E-state index contributed by atoms with van der Waals surface area (Å²) in [7, 11) is 0.